The van der Waals surface area contributed by atoms with E-state index in [9.17, 15) is 14.7 Å². The quantitative estimate of drug-likeness (QED) is 0.755. The molecule has 0 saturated heterocycles. The fourth-order valence-electron chi connectivity index (χ4n) is 3.48. The fourth-order valence-corrected chi connectivity index (χ4v) is 4.35. The first kappa shape index (κ1) is 20.2. The number of amides is 1. The second-order valence-corrected chi connectivity index (χ2v) is 8.56. The van der Waals surface area contributed by atoms with Gasteiger partial charge in [-0.25, -0.2) is 4.98 Å². The second-order valence-electron chi connectivity index (χ2n) is 7.36. The number of carbonyl (C=O) groups excluding carboxylic acids is 2. The van der Waals surface area contributed by atoms with E-state index in [-0.39, 0.29) is 11.4 Å². The number of ketones is 1. The molecule has 1 aliphatic heterocycles. The Kier molecular flexibility index (Phi) is 5.67. The summed E-state index contributed by atoms with van der Waals surface area (Å²) in [6.07, 6.45) is 0. The Labute approximate surface area is 169 Å². The van der Waals surface area contributed by atoms with Gasteiger partial charge in [0.05, 0.1) is 27.2 Å². The highest BCUT2D eigenvalue weighted by Crippen LogP contribution is 2.40. The molecule has 0 fully saturated rings. The molecule has 148 valence electrons. The van der Waals surface area contributed by atoms with Crippen molar-refractivity contribution < 1.29 is 14.7 Å². The average Bonchev–Trinajstić information content (AvgIpc) is 3.09. The van der Waals surface area contributed by atoms with E-state index in [0.717, 1.165) is 16.1 Å². The number of rotatable bonds is 6. The van der Waals surface area contributed by atoms with Gasteiger partial charge in [-0.2, -0.15) is 0 Å². The van der Waals surface area contributed by atoms with Crippen molar-refractivity contribution in [3.05, 3.63) is 62.3 Å². The lowest BCUT2D eigenvalue weighted by Crippen LogP contribution is -2.36. The van der Waals surface area contributed by atoms with Crippen LogP contribution in [0.1, 0.15) is 37.5 Å². The predicted octanol–water partition coefficient (Wildman–Crippen LogP) is 3.21. The van der Waals surface area contributed by atoms with Crippen LogP contribution in [0.15, 0.2) is 35.6 Å². The Morgan fingerprint density at radius 2 is 2.00 bits per heavy atom. The third kappa shape index (κ3) is 3.72. The molecule has 0 aliphatic carbocycles. The number of hydrogen-bond acceptors (Lipinski definition) is 6. The molecule has 7 heteroatoms. The van der Waals surface area contributed by atoms with Crippen LogP contribution in [-0.2, 0) is 4.79 Å². The van der Waals surface area contributed by atoms with Crippen LogP contribution in [0.5, 0.6) is 0 Å². The van der Waals surface area contributed by atoms with Gasteiger partial charge in [0.1, 0.15) is 0 Å². The molecule has 1 aliphatic rings. The first-order valence-corrected chi connectivity index (χ1v) is 9.96. The summed E-state index contributed by atoms with van der Waals surface area (Å²) < 4.78 is 0. The topological polar surface area (TPSA) is 73.7 Å². The van der Waals surface area contributed by atoms with Crippen LogP contribution in [0.3, 0.4) is 0 Å². The van der Waals surface area contributed by atoms with Crippen LogP contribution >= 0.6 is 11.3 Å². The maximum absolute atomic E-state index is 13.4. The van der Waals surface area contributed by atoms with Crippen molar-refractivity contribution in [2.45, 2.75) is 26.8 Å². The number of aromatic nitrogens is 1. The third-order valence-electron chi connectivity index (χ3n) is 4.80. The molecule has 0 radical (unpaired) electrons. The highest BCUT2D eigenvalue weighted by Gasteiger charge is 2.44. The fraction of sp³-hybridized carbons (Fsp3) is 0.381. The number of aryl methyl sites for hydroxylation is 3. The number of nitrogens with zero attached hydrogens (tertiary/aromatic N) is 3. The van der Waals surface area contributed by atoms with Gasteiger partial charge in [0, 0.05) is 13.1 Å². The Morgan fingerprint density at radius 1 is 1.29 bits per heavy atom. The minimum absolute atomic E-state index is 0.140. The van der Waals surface area contributed by atoms with E-state index in [4.69, 9.17) is 0 Å². The van der Waals surface area contributed by atoms with Gasteiger partial charge in [0.2, 0.25) is 5.78 Å². The molecular weight excluding hydrogens is 374 g/mol. The molecule has 28 heavy (non-hydrogen) atoms. The molecule has 0 bridgehead atoms. The number of carbonyl (C=O) groups is 2. The SMILES string of the molecule is Cc1cccc(C2C(C(=O)c3sc(C)nc3C)=C(O)C(=O)N2CCN(C)C)c1. The van der Waals surface area contributed by atoms with E-state index in [1.807, 2.05) is 57.1 Å². The van der Waals surface area contributed by atoms with E-state index in [2.05, 4.69) is 4.98 Å². The van der Waals surface area contributed by atoms with Crippen molar-refractivity contribution in [1.82, 2.24) is 14.8 Å². The highest BCUT2D eigenvalue weighted by atomic mass is 32.1. The maximum Gasteiger partial charge on any atom is 0.290 e. The Hall–Kier alpha value is -2.51. The summed E-state index contributed by atoms with van der Waals surface area (Å²) in [6.45, 7) is 6.61. The van der Waals surface area contributed by atoms with Crippen LogP contribution < -0.4 is 0 Å². The van der Waals surface area contributed by atoms with Crippen LogP contribution in [-0.4, -0.2) is 58.8 Å². The number of hydrogen-bond donors (Lipinski definition) is 1. The van der Waals surface area contributed by atoms with Crippen LogP contribution in [0.25, 0.3) is 0 Å². The monoisotopic (exact) mass is 399 g/mol. The zero-order valence-corrected chi connectivity index (χ0v) is 17.6. The molecule has 1 N–H and O–H groups in total. The molecular formula is C21H25N3O3S. The number of aliphatic hydroxyl groups is 1. The van der Waals surface area contributed by atoms with Gasteiger partial charge in [0.25, 0.3) is 5.91 Å². The molecule has 2 heterocycles. The van der Waals surface area contributed by atoms with Crippen molar-refractivity contribution in [2.75, 3.05) is 27.2 Å². The molecule has 1 unspecified atom stereocenters. The van der Waals surface area contributed by atoms with Gasteiger partial charge in [-0.05, 0) is 40.4 Å². The second kappa shape index (κ2) is 7.85. The maximum atomic E-state index is 13.4. The minimum Gasteiger partial charge on any atom is -0.503 e. The summed E-state index contributed by atoms with van der Waals surface area (Å²) in [7, 11) is 3.84. The molecule has 3 rings (SSSR count). The molecule has 6 nitrogen and oxygen atoms in total. The van der Waals surface area contributed by atoms with Crippen molar-refractivity contribution in [1.29, 1.82) is 0 Å². The Morgan fingerprint density at radius 3 is 2.57 bits per heavy atom. The molecule has 1 aromatic carbocycles. The van der Waals surface area contributed by atoms with Crippen LogP contribution in [0, 0.1) is 20.8 Å². The van der Waals surface area contributed by atoms with Crippen LogP contribution in [0.4, 0.5) is 0 Å². The zero-order valence-electron chi connectivity index (χ0n) is 16.8. The Bertz CT molecular complexity index is 962. The summed E-state index contributed by atoms with van der Waals surface area (Å²) in [5.74, 6) is -1.29. The van der Waals surface area contributed by atoms with Gasteiger partial charge < -0.3 is 14.9 Å². The van der Waals surface area contributed by atoms with Gasteiger partial charge in [-0.3, -0.25) is 9.59 Å². The molecule has 0 saturated carbocycles. The van der Waals surface area contributed by atoms with Gasteiger partial charge in [-0.15, -0.1) is 11.3 Å². The largest absolute Gasteiger partial charge is 0.503 e. The number of thiazole rings is 1. The zero-order chi connectivity index (χ0) is 20.6. The molecule has 1 aromatic heterocycles. The number of aliphatic hydroxyl groups excluding tert-OH is 1. The van der Waals surface area contributed by atoms with Crippen molar-refractivity contribution in [2.24, 2.45) is 0 Å². The summed E-state index contributed by atoms with van der Waals surface area (Å²) in [6, 6.07) is 7.11. The number of benzene rings is 1. The van der Waals surface area contributed by atoms with Crippen molar-refractivity contribution in [3.63, 3.8) is 0 Å². The molecule has 1 atom stereocenters. The molecule has 0 spiro atoms. The van der Waals surface area contributed by atoms with Gasteiger partial charge >= 0.3 is 0 Å². The summed E-state index contributed by atoms with van der Waals surface area (Å²) in [5, 5.41) is 11.4. The predicted molar refractivity (Wildman–Crippen MR) is 110 cm³/mol. The summed E-state index contributed by atoms with van der Waals surface area (Å²) in [4.78, 5) is 34.6. The Balaban J connectivity index is 2.10. The lowest BCUT2D eigenvalue weighted by molar-refractivity contribution is -0.129. The third-order valence-corrected chi connectivity index (χ3v) is 5.88. The molecule has 2 aromatic rings. The first-order valence-electron chi connectivity index (χ1n) is 9.14. The van der Waals surface area contributed by atoms with E-state index in [0.29, 0.717) is 23.7 Å². The number of likely N-dealkylation sites (N-methyl/N-ethyl adjacent to an activating group) is 1. The van der Waals surface area contributed by atoms with Crippen molar-refractivity contribution in [3.8, 4) is 0 Å². The lowest BCUT2D eigenvalue weighted by Gasteiger charge is -2.28. The van der Waals surface area contributed by atoms with E-state index in [1.165, 1.54) is 11.3 Å². The highest BCUT2D eigenvalue weighted by molar-refractivity contribution is 7.14. The van der Waals surface area contributed by atoms with Gasteiger partial charge in [0.15, 0.2) is 5.76 Å². The summed E-state index contributed by atoms with van der Waals surface area (Å²) in [5.41, 5.74) is 2.61. The standard InChI is InChI=1S/C21H25N3O3S/c1-12-7-6-8-15(11-12)17-16(18(25)20-13(2)22-14(3)28-20)19(26)21(27)24(17)10-9-23(4)5/h6-8,11,17,26H,9-10H2,1-5H3. The first-order chi connectivity index (χ1) is 13.2. The lowest BCUT2D eigenvalue weighted by atomic mass is 9.94. The number of Topliss-reactive ketones (excluding diaryl/α,β-unsaturated/α-hetero) is 1. The van der Waals surface area contributed by atoms with E-state index in [1.54, 1.807) is 11.8 Å². The van der Waals surface area contributed by atoms with Crippen LogP contribution in [0.2, 0.25) is 0 Å². The minimum atomic E-state index is -0.610. The van der Waals surface area contributed by atoms with Crippen molar-refractivity contribution >= 4 is 23.0 Å². The normalized spacial score (nSPS) is 17.1. The van der Waals surface area contributed by atoms with Gasteiger partial charge in [-0.1, -0.05) is 29.8 Å². The van der Waals surface area contributed by atoms with E-state index >= 15 is 0 Å². The smallest absolute Gasteiger partial charge is 0.290 e. The average molecular weight is 400 g/mol. The summed E-state index contributed by atoms with van der Waals surface area (Å²) >= 11 is 1.29. The van der Waals surface area contributed by atoms with E-state index < -0.39 is 17.7 Å². The molecule has 1 amide bonds.